The van der Waals surface area contributed by atoms with Crippen LogP contribution in [0.4, 0.5) is 5.69 Å². The summed E-state index contributed by atoms with van der Waals surface area (Å²) in [4.78, 5) is 28.6. The summed E-state index contributed by atoms with van der Waals surface area (Å²) in [6.07, 6.45) is 0. The van der Waals surface area contributed by atoms with Crippen LogP contribution in [0.25, 0.3) is 11.4 Å². The molecule has 0 bridgehead atoms. The van der Waals surface area contributed by atoms with Crippen LogP contribution < -0.4 is 15.8 Å². The minimum Gasteiger partial charge on any atom is -0.378 e. The van der Waals surface area contributed by atoms with Gasteiger partial charge in [0, 0.05) is 35.5 Å². The summed E-state index contributed by atoms with van der Waals surface area (Å²) < 4.78 is 5.37. The Bertz CT molecular complexity index is 1320. The molecule has 1 saturated heterocycles. The van der Waals surface area contributed by atoms with Gasteiger partial charge in [-0.2, -0.15) is 4.80 Å². The Balaban J connectivity index is 1.13. The second-order valence-electron chi connectivity index (χ2n) is 8.26. The SMILES string of the molecule is O=C(NNC(=O)c1ccc(N2CCOCC2)cc1)c1ccc(Cn2nnc(-c3ccccc3)n2)cc1. The molecule has 10 heteroatoms. The Kier molecular flexibility index (Phi) is 6.95. The molecule has 3 aromatic carbocycles. The number of amides is 2. The molecule has 2 heterocycles. The maximum Gasteiger partial charge on any atom is 0.269 e. The Hall–Kier alpha value is -4.57. The highest BCUT2D eigenvalue weighted by molar-refractivity contribution is 5.99. The molecule has 10 nitrogen and oxygen atoms in total. The van der Waals surface area contributed by atoms with Gasteiger partial charge in [-0.1, -0.05) is 42.5 Å². The Morgan fingerprint density at radius 1 is 0.806 bits per heavy atom. The van der Waals surface area contributed by atoms with E-state index >= 15 is 0 Å². The second kappa shape index (κ2) is 10.8. The highest BCUT2D eigenvalue weighted by Gasteiger charge is 2.13. The average Bonchev–Trinajstić information content (AvgIpc) is 3.41. The Morgan fingerprint density at radius 2 is 1.42 bits per heavy atom. The maximum atomic E-state index is 12.5. The van der Waals surface area contributed by atoms with Gasteiger partial charge >= 0.3 is 0 Å². The fourth-order valence-electron chi connectivity index (χ4n) is 3.84. The van der Waals surface area contributed by atoms with Gasteiger partial charge in [0.1, 0.15) is 0 Å². The third-order valence-corrected chi connectivity index (χ3v) is 5.82. The summed E-state index contributed by atoms with van der Waals surface area (Å²) in [5.41, 5.74) is 8.64. The molecular weight excluding hydrogens is 458 g/mol. The van der Waals surface area contributed by atoms with Crippen LogP contribution >= 0.6 is 0 Å². The van der Waals surface area contributed by atoms with E-state index in [1.165, 1.54) is 4.80 Å². The number of nitrogens with zero attached hydrogens (tertiary/aromatic N) is 5. The van der Waals surface area contributed by atoms with Gasteiger partial charge in [-0.05, 0) is 47.2 Å². The predicted molar refractivity (Wildman–Crippen MR) is 133 cm³/mol. The number of benzene rings is 3. The summed E-state index contributed by atoms with van der Waals surface area (Å²) in [5.74, 6) is -0.247. The van der Waals surface area contributed by atoms with Crippen LogP contribution in [-0.2, 0) is 11.3 Å². The molecule has 2 amide bonds. The van der Waals surface area contributed by atoms with Crippen molar-refractivity contribution in [1.29, 1.82) is 0 Å². The van der Waals surface area contributed by atoms with Crippen LogP contribution in [0.5, 0.6) is 0 Å². The summed E-state index contributed by atoms with van der Waals surface area (Å²) >= 11 is 0. The number of carbonyl (C=O) groups excluding carboxylic acids is 2. The monoisotopic (exact) mass is 483 g/mol. The van der Waals surface area contributed by atoms with E-state index in [-0.39, 0.29) is 5.91 Å². The zero-order chi connectivity index (χ0) is 24.7. The van der Waals surface area contributed by atoms with Gasteiger partial charge in [-0.15, -0.1) is 10.2 Å². The Morgan fingerprint density at radius 3 is 2.06 bits per heavy atom. The maximum absolute atomic E-state index is 12.5. The summed E-state index contributed by atoms with van der Waals surface area (Å²) in [6.45, 7) is 3.46. The first kappa shape index (κ1) is 23.2. The molecule has 0 spiro atoms. The van der Waals surface area contributed by atoms with E-state index < -0.39 is 5.91 Å². The molecule has 182 valence electrons. The number of anilines is 1. The number of aromatic nitrogens is 4. The number of nitrogens with one attached hydrogen (secondary N) is 2. The molecule has 0 saturated carbocycles. The molecule has 1 fully saturated rings. The van der Waals surface area contributed by atoms with Gasteiger partial charge in [0.25, 0.3) is 11.8 Å². The van der Waals surface area contributed by atoms with Crippen molar-refractivity contribution in [3.8, 4) is 11.4 Å². The largest absolute Gasteiger partial charge is 0.378 e. The minimum atomic E-state index is -0.412. The van der Waals surface area contributed by atoms with Gasteiger partial charge in [-0.3, -0.25) is 20.4 Å². The molecule has 1 aromatic heterocycles. The molecule has 1 aliphatic heterocycles. The number of ether oxygens (including phenoxy) is 1. The van der Waals surface area contributed by atoms with Crippen molar-refractivity contribution in [1.82, 2.24) is 31.1 Å². The number of morpholine rings is 1. The molecule has 0 radical (unpaired) electrons. The second-order valence-corrected chi connectivity index (χ2v) is 8.26. The zero-order valence-corrected chi connectivity index (χ0v) is 19.5. The van der Waals surface area contributed by atoms with E-state index in [4.69, 9.17) is 4.74 Å². The molecule has 0 atom stereocenters. The molecule has 1 aliphatic rings. The topological polar surface area (TPSA) is 114 Å². The minimum absolute atomic E-state index is 0.389. The van der Waals surface area contributed by atoms with Gasteiger partial charge in [-0.25, -0.2) is 0 Å². The molecule has 0 aliphatic carbocycles. The number of hydrogen-bond acceptors (Lipinski definition) is 7. The third-order valence-electron chi connectivity index (χ3n) is 5.82. The van der Waals surface area contributed by atoms with Crippen molar-refractivity contribution in [2.75, 3.05) is 31.2 Å². The van der Waals surface area contributed by atoms with Crippen LogP contribution in [-0.4, -0.2) is 58.3 Å². The van der Waals surface area contributed by atoms with Crippen LogP contribution in [0.1, 0.15) is 26.3 Å². The van der Waals surface area contributed by atoms with Crippen LogP contribution in [0.3, 0.4) is 0 Å². The van der Waals surface area contributed by atoms with E-state index in [2.05, 4.69) is 31.2 Å². The first-order valence-electron chi connectivity index (χ1n) is 11.6. The normalized spacial score (nSPS) is 13.3. The predicted octanol–water partition coefficient (Wildman–Crippen LogP) is 2.30. The van der Waals surface area contributed by atoms with Gasteiger partial charge in [0.05, 0.1) is 19.8 Å². The van der Waals surface area contributed by atoms with Crippen molar-refractivity contribution in [3.05, 3.63) is 95.6 Å². The quantitative estimate of drug-likeness (QED) is 0.405. The molecule has 4 aromatic rings. The summed E-state index contributed by atoms with van der Waals surface area (Å²) in [7, 11) is 0. The molecule has 36 heavy (non-hydrogen) atoms. The molecule has 2 N–H and O–H groups in total. The van der Waals surface area contributed by atoms with Gasteiger partial charge in [0.15, 0.2) is 0 Å². The van der Waals surface area contributed by atoms with Crippen molar-refractivity contribution < 1.29 is 14.3 Å². The number of carbonyl (C=O) groups is 2. The third kappa shape index (κ3) is 5.56. The van der Waals surface area contributed by atoms with E-state index in [9.17, 15) is 9.59 Å². The van der Waals surface area contributed by atoms with Gasteiger partial charge < -0.3 is 9.64 Å². The van der Waals surface area contributed by atoms with Gasteiger partial charge in [0.2, 0.25) is 5.82 Å². The smallest absolute Gasteiger partial charge is 0.269 e. The van der Waals surface area contributed by atoms with Crippen LogP contribution in [0.15, 0.2) is 78.9 Å². The summed E-state index contributed by atoms with van der Waals surface area (Å²) in [6, 6.07) is 23.9. The fraction of sp³-hybridized carbons (Fsp3) is 0.192. The van der Waals surface area contributed by atoms with Crippen molar-refractivity contribution in [3.63, 3.8) is 0 Å². The lowest BCUT2D eigenvalue weighted by Gasteiger charge is -2.28. The highest BCUT2D eigenvalue weighted by atomic mass is 16.5. The van der Waals surface area contributed by atoms with Crippen LogP contribution in [0, 0.1) is 0 Å². The lowest BCUT2D eigenvalue weighted by molar-refractivity contribution is 0.0846. The molecular formula is C26H25N7O3. The number of rotatable bonds is 6. The number of hydrogen-bond donors (Lipinski definition) is 2. The first-order valence-corrected chi connectivity index (χ1v) is 11.6. The van der Waals surface area contributed by atoms with E-state index in [1.54, 1.807) is 24.3 Å². The standard InChI is InChI=1S/C26H25N7O3/c34-25(28-29-26(35)22-10-12-23(13-11-22)32-14-16-36-17-15-32)21-8-6-19(7-9-21)18-33-30-24(27-31-33)20-4-2-1-3-5-20/h1-13H,14-18H2,(H,28,34)(H,29,35). The Labute approximate surface area is 207 Å². The van der Waals surface area contributed by atoms with Crippen LogP contribution in [0.2, 0.25) is 0 Å². The summed E-state index contributed by atoms with van der Waals surface area (Å²) in [5, 5.41) is 12.6. The lowest BCUT2D eigenvalue weighted by Crippen LogP contribution is -2.41. The number of tetrazole rings is 1. The van der Waals surface area contributed by atoms with E-state index in [0.29, 0.717) is 36.7 Å². The van der Waals surface area contributed by atoms with E-state index in [0.717, 1.165) is 29.9 Å². The lowest BCUT2D eigenvalue weighted by atomic mass is 10.1. The average molecular weight is 484 g/mol. The first-order chi connectivity index (χ1) is 17.7. The highest BCUT2D eigenvalue weighted by Crippen LogP contribution is 2.17. The zero-order valence-electron chi connectivity index (χ0n) is 19.5. The van der Waals surface area contributed by atoms with E-state index in [1.807, 2.05) is 54.6 Å². The van der Waals surface area contributed by atoms with Crippen molar-refractivity contribution in [2.24, 2.45) is 0 Å². The van der Waals surface area contributed by atoms with Crippen molar-refractivity contribution >= 4 is 17.5 Å². The molecule has 5 rings (SSSR count). The van der Waals surface area contributed by atoms with Crippen molar-refractivity contribution in [2.45, 2.75) is 6.54 Å². The number of hydrazine groups is 1. The fourth-order valence-corrected chi connectivity index (χ4v) is 3.84. The molecule has 0 unspecified atom stereocenters.